The summed E-state index contributed by atoms with van der Waals surface area (Å²) in [6.07, 6.45) is 0.136. The highest BCUT2D eigenvalue weighted by Crippen LogP contribution is 2.28. The molecule has 0 radical (unpaired) electrons. The van der Waals surface area contributed by atoms with E-state index in [2.05, 4.69) is 0 Å². The van der Waals surface area contributed by atoms with Crippen molar-refractivity contribution in [3.8, 4) is 5.75 Å². The minimum Gasteiger partial charge on any atom is -0.497 e. The average Bonchev–Trinajstić information content (AvgIpc) is 2.90. The van der Waals surface area contributed by atoms with Crippen molar-refractivity contribution in [2.45, 2.75) is 38.8 Å². The summed E-state index contributed by atoms with van der Waals surface area (Å²) in [7, 11) is 1.55. The first-order valence-electron chi connectivity index (χ1n) is 9.04. The third-order valence-electron chi connectivity index (χ3n) is 4.38. The molecule has 6 heteroatoms. The van der Waals surface area contributed by atoms with Gasteiger partial charge in [0.2, 0.25) is 0 Å². The quantitative estimate of drug-likeness (QED) is 0.587. The molecule has 0 fully saturated rings. The number of carbonyl (C=O) groups excluding carboxylic acids is 3. The van der Waals surface area contributed by atoms with Crippen LogP contribution in [0.1, 0.15) is 47.1 Å². The summed E-state index contributed by atoms with van der Waals surface area (Å²) in [6, 6.07) is 12.7. The number of hydrogen-bond donors (Lipinski definition) is 0. The lowest BCUT2D eigenvalue weighted by atomic mass is 10.0. The Kier molecular flexibility index (Phi) is 5.23. The van der Waals surface area contributed by atoms with Crippen LogP contribution in [0.5, 0.6) is 5.75 Å². The van der Waals surface area contributed by atoms with Gasteiger partial charge in [-0.15, -0.1) is 0 Å². The van der Waals surface area contributed by atoms with Gasteiger partial charge in [0.1, 0.15) is 17.4 Å². The number of ether oxygens (including phenoxy) is 2. The molecule has 2 aromatic rings. The van der Waals surface area contributed by atoms with Gasteiger partial charge in [0.15, 0.2) is 0 Å². The summed E-state index contributed by atoms with van der Waals surface area (Å²) < 4.78 is 10.8. The Morgan fingerprint density at radius 3 is 2.14 bits per heavy atom. The molecule has 0 spiro atoms. The number of rotatable bonds is 5. The van der Waals surface area contributed by atoms with E-state index in [1.165, 1.54) is 0 Å². The standard InChI is InChI=1S/C22H23NO5/c1-22(2,3)28-21(26)18(13-14-8-7-9-15(12-14)27-4)23-19(24)16-10-5-6-11-17(16)20(23)25/h5-12,18H,13H2,1-4H3/t18-/m0/s1. The molecule has 28 heavy (non-hydrogen) atoms. The van der Waals surface area contributed by atoms with E-state index in [4.69, 9.17) is 9.47 Å². The highest BCUT2D eigenvalue weighted by atomic mass is 16.6. The molecule has 0 N–H and O–H groups in total. The molecule has 1 atom stereocenters. The van der Waals surface area contributed by atoms with Gasteiger partial charge >= 0.3 is 5.97 Å². The van der Waals surface area contributed by atoms with Crippen LogP contribution in [0.4, 0.5) is 0 Å². The van der Waals surface area contributed by atoms with Gasteiger partial charge in [-0.25, -0.2) is 4.79 Å². The van der Waals surface area contributed by atoms with Crippen molar-refractivity contribution in [2.75, 3.05) is 7.11 Å². The Morgan fingerprint density at radius 1 is 1.00 bits per heavy atom. The molecular formula is C22H23NO5. The van der Waals surface area contributed by atoms with Crippen molar-refractivity contribution in [3.05, 3.63) is 65.2 Å². The average molecular weight is 381 g/mol. The van der Waals surface area contributed by atoms with Crippen LogP contribution in [-0.2, 0) is 16.0 Å². The number of esters is 1. The molecule has 1 heterocycles. The molecule has 146 valence electrons. The minimum absolute atomic E-state index is 0.136. The zero-order valence-electron chi connectivity index (χ0n) is 16.4. The normalized spacial score (nSPS) is 14.6. The van der Waals surface area contributed by atoms with Crippen molar-refractivity contribution >= 4 is 17.8 Å². The molecule has 0 saturated carbocycles. The summed E-state index contributed by atoms with van der Waals surface area (Å²) in [5, 5.41) is 0. The van der Waals surface area contributed by atoms with Gasteiger partial charge in [-0.05, 0) is 50.6 Å². The number of amides is 2. The second-order valence-corrected chi connectivity index (χ2v) is 7.63. The van der Waals surface area contributed by atoms with Crippen LogP contribution >= 0.6 is 0 Å². The maximum absolute atomic E-state index is 12.9. The van der Waals surface area contributed by atoms with Crippen LogP contribution in [0.15, 0.2) is 48.5 Å². The molecule has 1 aliphatic heterocycles. The summed E-state index contributed by atoms with van der Waals surface area (Å²) in [5.74, 6) is -0.966. The van der Waals surface area contributed by atoms with Crippen LogP contribution in [0, 0.1) is 0 Å². The fraction of sp³-hybridized carbons (Fsp3) is 0.318. The summed E-state index contributed by atoms with van der Waals surface area (Å²) >= 11 is 0. The lowest BCUT2D eigenvalue weighted by Gasteiger charge is -2.28. The SMILES string of the molecule is COc1cccc(C[C@@H](C(=O)OC(C)(C)C)N2C(=O)c3ccccc3C2=O)c1. The number of methoxy groups -OCH3 is 1. The van der Waals surface area contributed by atoms with E-state index in [1.54, 1.807) is 70.3 Å². The van der Waals surface area contributed by atoms with Crippen LogP contribution in [0.25, 0.3) is 0 Å². The van der Waals surface area contributed by atoms with E-state index in [0.717, 1.165) is 10.5 Å². The van der Waals surface area contributed by atoms with Crippen molar-refractivity contribution < 1.29 is 23.9 Å². The van der Waals surface area contributed by atoms with Crippen LogP contribution in [0.2, 0.25) is 0 Å². The molecule has 1 aliphatic rings. The largest absolute Gasteiger partial charge is 0.497 e. The second kappa shape index (κ2) is 7.46. The zero-order valence-corrected chi connectivity index (χ0v) is 16.4. The predicted octanol–water partition coefficient (Wildman–Crippen LogP) is 3.24. The topological polar surface area (TPSA) is 72.9 Å². The molecule has 0 aromatic heterocycles. The fourth-order valence-electron chi connectivity index (χ4n) is 3.16. The lowest BCUT2D eigenvalue weighted by Crippen LogP contribution is -2.48. The Balaban J connectivity index is 1.98. The van der Waals surface area contributed by atoms with E-state index in [1.807, 2.05) is 6.07 Å². The number of benzene rings is 2. The van der Waals surface area contributed by atoms with E-state index in [9.17, 15) is 14.4 Å². The van der Waals surface area contributed by atoms with Gasteiger partial charge in [-0.3, -0.25) is 14.5 Å². The Bertz CT molecular complexity index is 894. The number of fused-ring (bicyclic) bond motifs is 1. The number of hydrogen-bond acceptors (Lipinski definition) is 5. The molecule has 2 amide bonds. The van der Waals surface area contributed by atoms with Gasteiger partial charge < -0.3 is 9.47 Å². The predicted molar refractivity (Wildman–Crippen MR) is 103 cm³/mol. The molecule has 0 unspecified atom stereocenters. The van der Waals surface area contributed by atoms with Crippen molar-refractivity contribution in [3.63, 3.8) is 0 Å². The van der Waals surface area contributed by atoms with Crippen LogP contribution in [0.3, 0.4) is 0 Å². The molecule has 6 nitrogen and oxygen atoms in total. The molecular weight excluding hydrogens is 358 g/mol. The highest BCUT2D eigenvalue weighted by molar-refractivity contribution is 6.22. The Hall–Kier alpha value is -3.15. The second-order valence-electron chi connectivity index (χ2n) is 7.63. The molecule has 3 rings (SSSR count). The van der Waals surface area contributed by atoms with Crippen molar-refractivity contribution in [2.24, 2.45) is 0 Å². The maximum Gasteiger partial charge on any atom is 0.330 e. The lowest BCUT2D eigenvalue weighted by molar-refractivity contribution is -0.159. The molecule has 0 saturated heterocycles. The Labute approximate surface area is 164 Å². The third-order valence-corrected chi connectivity index (χ3v) is 4.38. The molecule has 0 bridgehead atoms. The Morgan fingerprint density at radius 2 is 1.61 bits per heavy atom. The highest BCUT2D eigenvalue weighted by Gasteiger charge is 2.44. The minimum atomic E-state index is -1.07. The number of carbonyl (C=O) groups is 3. The van der Waals surface area contributed by atoms with E-state index < -0.39 is 29.4 Å². The van der Waals surface area contributed by atoms with Crippen molar-refractivity contribution in [1.82, 2.24) is 4.90 Å². The molecule has 2 aromatic carbocycles. The maximum atomic E-state index is 12.9. The third kappa shape index (κ3) is 3.91. The summed E-state index contributed by atoms with van der Waals surface area (Å²) in [6.45, 7) is 5.24. The number of nitrogens with zero attached hydrogens (tertiary/aromatic N) is 1. The first-order valence-corrected chi connectivity index (χ1v) is 9.04. The fourth-order valence-corrected chi connectivity index (χ4v) is 3.16. The van der Waals surface area contributed by atoms with Gasteiger partial charge in [-0.2, -0.15) is 0 Å². The molecule has 0 aliphatic carbocycles. The van der Waals surface area contributed by atoms with Gasteiger partial charge in [-0.1, -0.05) is 24.3 Å². The van der Waals surface area contributed by atoms with E-state index in [-0.39, 0.29) is 6.42 Å². The summed E-state index contributed by atoms with van der Waals surface area (Å²) in [5.41, 5.74) is 0.604. The monoisotopic (exact) mass is 381 g/mol. The first-order chi connectivity index (χ1) is 13.2. The van der Waals surface area contributed by atoms with Crippen LogP contribution in [-0.4, -0.2) is 41.4 Å². The van der Waals surface area contributed by atoms with Gasteiger partial charge in [0.25, 0.3) is 11.8 Å². The van der Waals surface area contributed by atoms with Gasteiger partial charge in [0, 0.05) is 6.42 Å². The summed E-state index contributed by atoms with van der Waals surface area (Å²) in [4.78, 5) is 39.8. The van der Waals surface area contributed by atoms with Crippen LogP contribution < -0.4 is 4.74 Å². The smallest absolute Gasteiger partial charge is 0.330 e. The van der Waals surface area contributed by atoms with E-state index in [0.29, 0.717) is 16.9 Å². The van der Waals surface area contributed by atoms with E-state index >= 15 is 0 Å². The van der Waals surface area contributed by atoms with Crippen molar-refractivity contribution in [1.29, 1.82) is 0 Å². The zero-order chi connectivity index (χ0) is 20.5. The van der Waals surface area contributed by atoms with Gasteiger partial charge in [0.05, 0.1) is 18.2 Å². The number of imide groups is 1. The first kappa shape index (κ1) is 19.6.